The molecule has 8 rings (SSSR count). The van der Waals surface area contributed by atoms with Crippen molar-refractivity contribution in [2.75, 3.05) is 20.3 Å². The largest absolute Gasteiger partial charge is 0.387 e. The number of benzene rings is 6. The highest BCUT2D eigenvalue weighted by Crippen LogP contribution is 2.36. The molecule has 10 atom stereocenters. The summed E-state index contributed by atoms with van der Waals surface area (Å²) in [5.74, 6) is 0. The molecule has 0 spiro atoms. The summed E-state index contributed by atoms with van der Waals surface area (Å²) < 4.78 is 66.7. The van der Waals surface area contributed by atoms with Crippen molar-refractivity contribution in [1.82, 2.24) is 0 Å². The molecule has 0 aliphatic carbocycles. The van der Waals surface area contributed by atoms with Gasteiger partial charge in [0.15, 0.2) is 12.6 Å². The molecule has 66 heavy (non-hydrogen) atoms. The molecule has 0 saturated carbocycles. The minimum absolute atomic E-state index is 0.107. The van der Waals surface area contributed by atoms with E-state index in [1.54, 1.807) is 7.11 Å². The summed E-state index contributed by atoms with van der Waals surface area (Å²) >= 11 is 0. The summed E-state index contributed by atoms with van der Waals surface area (Å²) in [5, 5.41) is 12.4. The van der Waals surface area contributed by atoms with Crippen LogP contribution < -0.4 is 0 Å². The van der Waals surface area contributed by atoms with E-state index >= 15 is 0 Å². The van der Waals surface area contributed by atoms with E-state index in [1.165, 1.54) is 0 Å². The van der Waals surface area contributed by atoms with Crippen LogP contribution in [-0.4, -0.2) is 86.8 Å². The van der Waals surface area contributed by atoms with Crippen LogP contribution in [0, 0.1) is 0 Å². The third kappa shape index (κ3) is 13.5. The van der Waals surface area contributed by atoms with Crippen molar-refractivity contribution in [3.63, 3.8) is 0 Å². The molecule has 1 N–H and O–H groups in total. The lowest BCUT2D eigenvalue weighted by Crippen LogP contribution is -2.65. The van der Waals surface area contributed by atoms with Gasteiger partial charge in [0.2, 0.25) is 0 Å². The van der Waals surface area contributed by atoms with E-state index in [9.17, 15) is 5.11 Å². The Morgan fingerprint density at radius 3 is 1.09 bits per heavy atom. The Morgan fingerprint density at radius 1 is 0.364 bits per heavy atom. The van der Waals surface area contributed by atoms with E-state index < -0.39 is 61.4 Å². The minimum atomic E-state index is -1.21. The smallest absolute Gasteiger partial charge is 0.190 e. The van der Waals surface area contributed by atoms with Gasteiger partial charge in [0.25, 0.3) is 0 Å². The third-order valence-electron chi connectivity index (χ3n) is 11.6. The summed E-state index contributed by atoms with van der Waals surface area (Å²) in [5.41, 5.74) is 5.77. The Balaban J connectivity index is 1.14. The van der Waals surface area contributed by atoms with E-state index in [2.05, 4.69) is 0 Å². The molecular weight excluding hydrogens is 837 g/mol. The number of hydrogen-bond acceptors (Lipinski definition) is 11. The highest BCUT2D eigenvalue weighted by atomic mass is 16.8. The maximum atomic E-state index is 12.4. The van der Waals surface area contributed by atoms with E-state index in [-0.39, 0.29) is 46.2 Å². The zero-order chi connectivity index (χ0) is 45.2. The first kappa shape index (κ1) is 47.4. The first-order valence-electron chi connectivity index (χ1n) is 22.6. The van der Waals surface area contributed by atoms with Crippen molar-refractivity contribution in [3.8, 4) is 0 Å². The third-order valence-corrected chi connectivity index (χ3v) is 11.6. The zero-order valence-corrected chi connectivity index (χ0v) is 37.3. The van der Waals surface area contributed by atoms with Gasteiger partial charge < -0.3 is 52.5 Å². The monoisotopic (exact) mass is 896 g/mol. The van der Waals surface area contributed by atoms with Gasteiger partial charge in [-0.05, 0) is 33.4 Å². The highest BCUT2D eigenvalue weighted by molar-refractivity contribution is 5.18. The molecule has 2 heterocycles. The molecule has 0 aromatic heterocycles. The fraction of sp³-hybridized carbons (Fsp3) is 0.345. The molecule has 6 aromatic rings. The van der Waals surface area contributed by atoms with Crippen LogP contribution in [0.2, 0.25) is 0 Å². The second-order valence-electron chi connectivity index (χ2n) is 16.5. The molecular formula is C55H60O11. The number of aliphatic hydroxyl groups is 1. The van der Waals surface area contributed by atoms with Gasteiger partial charge in [-0.2, -0.15) is 0 Å². The maximum Gasteiger partial charge on any atom is 0.190 e. The predicted molar refractivity (Wildman–Crippen MR) is 247 cm³/mol. The van der Waals surface area contributed by atoms with Crippen molar-refractivity contribution >= 4 is 0 Å². The van der Waals surface area contributed by atoms with Gasteiger partial charge >= 0.3 is 0 Å². The Morgan fingerprint density at radius 2 is 0.682 bits per heavy atom. The number of rotatable bonds is 23. The summed E-state index contributed by atoms with van der Waals surface area (Å²) in [6.45, 7) is 1.73. The normalized spacial score (nSPS) is 25.4. The molecule has 2 saturated heterocycles. The van der Waals surface area contributed by atoms with Crippen LogP contribution in [0.3, 0.4) is 0 Å². The van der Waals surface area contributed by atoms with Crippen molar-refractivity contribution in [2.24, 2.45) is 0 Å². The lowest BCUT2D eigenvalue weighted by molar-refractivity contribution is -0.392. The summed E-state index contributed by atoms with van der Waals surface area (Å²) in [6.07, 6.45) is -9.20. The SMILES string of the molecule is COC[C@H]1O[C@@H](O[C@@H]2O[C@H](COCc3ccccc3)[C@@H](OCc3ccccc3)[C@H](OCc3ccccc3)[C@H]2OCc2ccccc2)[C@H](OCc2ccccc2)[C@@H](O)[C@@H]1OCc1ccccc1. The molecule has 2 aliphatic rings. The first-order chi connectivity index (χ1) is 32.6. The number of methoxy groups -OCH3 is 1. The first-order valence-corrected chi connectivity index (χ1v) is 22.6. The fourth-order valence-corrected chi connectivity index (χ4v) is 8.21. The van der Waals surface area contributed by atoms with E-state index in [4.69, 9.17) is 47.4 Å². The second kappa shape index (κ2) is 25.1. The van der Waals surface area contributed by atoms with Gasteiger partial charge in [-0.3, -0.25) is 0 Å². The molecule has 346 valence electrons. The van der Waals surface area contributed by atoms with Gasteiger partial charge in [-0.25, -0.2) is 0 Å². The average molecular weight is 897 g/mol. The molecule has 11 nitrogen and oxygen atoms in total. The maximum absolute atomic E-state index is 12.4. The lowest BCUT2D eigenvalue weighted by Gasteiger charge is -2.49. The van der Waals surface area contributed by atoms with E-state index in [0.717, 1.165) is 33.4 Å². The van der Waals surface area contributed by atoms with Crippen molar-refractivity contribution in [1.29, 1.82) is 0 Å². The fourth-order valence-electron chi connectivity index (χ4n) is 8.21. The van der Waals surface area contributed by atoms with Crippen molar-refractivity contribution < 1.29 is 52.5 Å². The lowest BCUT2D eigenvalue weighted by atomic mass is 9.96. The zero-order valence-electron chi connectivity index (χ0n) is 37.3. The quantitative estimate of drug-likeness (QED) is 0.0668. The highest BCUT2D eigenvalue weighted by Gasteiger charge is 2.53. The van der Waals surface area contributed by atoms with Gasteiger partial charge in [0.1, 0.15) is 48.8 Å². The van der Waals surface area contributed by atoms with Crippen LogP contribution in [-0.2, 0) is 87.0 Å². The van der Waals surface area contributed by atoms with Crippen LogP contribution in [0.5, 0.6) is 0 Å². The molecule has 0 amide bonds. The summed E-state index contributed by atoms with van der Waals surface area (Å²) in [6, 6.07) is 59.4. The summed E-state index contributed by atoms with van der Waals surface area (Å²) in [7, 11) is 1.58. The Labute approximate surface area is 388 Å². The van der Waals surface area contributed by atoms with Crippen LogP contribution in [0.1, 0.15) is 33.4 Å². The number of ether oxygens (including phenoxy) is 10. The van der Waals surface area contributed by atoms with Gasteiger partial charge in [-0.1, -0.05) is 182 Å². The molecule has 6 aromatic carbocycles. The van der Waals surface area contributed by atoms with Gasteiger partial charge in [0, 0.05) is 7.11 Å². The number of aliphatic hydroxyl groups excluding tert-OH is 1. The van der Waals surface area contributed by atoms with Crippen molar-refractivity contribution in [3.05, 3.63) is 215 Å². The van der Waals surface area contributed by atoms with E-state index in [0.29, 0.717) is 6.61 Å². The standard InChI is InChI=1S/C55H60O11/c1-57-38-46-49(59-33-41-22-10-3-11-23-41)48(56)51(61-35-43-26-14-5-15-27-43)54(64-46)66-55-53(63-37-45-30-18-7-19-31-45)52(62-36-44-28-16-6-17-29-44)50(60-34-42-24-12-4-13-25-42)47(65-55)39-58-32-40-20-8-2-9-21-40/h2-31,46-56H,32-39H2,1H3/t46-,47-,48+,49-,50-,51-,52+,53-,54+,55+/m1/s1. The molecule has 0 unspecified atom stereocenters. The molecule has 0 bridgehead atoms. The Kier molecular flexibility index (Phi) is 18.0. The number of hydrogen-bond donors (Lipinski definition) is 1. The van der Waals surface area contributed by atoms with Crippen molar-refractivity contribution in [2.45, 2.75) is 101 Å². The second-order valence-corrected chi connectivity index (χ2v) is 16.5. The van der Waals surface area contributed by atoms with Crippen LogP contribution >= 0.6 is 0 Å². The predicted octanol–water partition coefficient (Wildman–Crippen LogP) is 8.60. The molecule has 2 aliphatic heterocycles. The topological polar surface area (TPSA) is 113 Å². The van der Waals surface area contributed by atoms with Crippen LogP contribution in [0.25, 0.3) is 0 Å². The Bertz CT molecular complexity index is 2220. The Hall–Kier alpha value is -5.12. The van der Waals surface area contributed by atoms with Crippen LogP contribution in [0.15, 0.2) is 182 Å². The minimum Gasteiger partial charge on any atom is -0.387 e. The van der Waals surface area contributed by atoms with Crippen LogP contribution in [0.4, 0.5) is 0 Å². The molecule has 11 heteroatoms. The molecule has 0 radical (unpaired) electrons. The van der Waals surface area contributed by atoms with Gasteiger partial charge in [-0.15, -0.1) is 0 Å². The van der Waals surface area contributed by atoms with E-state index in [1.807, 2.05) is 182 Å². The average Bonchev–Trinajstić information content (AvgIpc) is 3.36. The van der Waals surface area contributed by atoms with Gasteiger partial charge in [0.05, 0.1) is 52.9 Å². The summed E-state index contributed by atoms with van der Waals surface area (Å²) in [4.78, 5) is 0. The molecule has 2 fully saturated rings.